The van der Waals surface area contributed by atoms with Crippen molar-refractivity contribution in [3.63, 3.8) is 0 Å². The van der Waals surface area contributed by atoms with Gasteiger partial charge in [0.2, 0.25) is 0 Å². The van der Waals surface area contributed by atoms with Crippen molar-refractivity contribution in [2.45, 2.75) is 44.7 Å². The van der Waals surface area contributed by atoms with E-state index in [-0.39, 0.29) is 18.5 Å². The summed E-state index contributed by atoms with van der Waals surface area (Å²) >= 11 is 0. The lowest BCUT2D eigenvalue weighted by molar-refractivity contribution is -0.136. The average Bonchev–Trinajstić information content (AvgIpc) is 2.90. The Labute approximate surface area is 118 Å². The Morgan fingerprint density at radius 3 is 2.45 bits per heavy atom. The number of nitrogens with one attached hydrogen (secondary N) is 2. The van der Waals surface area contributed by atoms with Gasteiger partial charge in [0.25, 0.3) is 0 Å². The molecule has 1 aromatic rings. The fourth-order valence-corrected chi connectivity index (χ4v) is 2.55. The minimum absolute atomic E-state index is 0.0257. The molecule has 0 aromatic heterocycles. The van der Waals surface area contributed by atoms with Crippen LogP contribution < -0.4 is 10.6 Å². The maximum absolute atomic E-state index is 11.8. The Morgan fingerprint density at radius 2 is 1.80 bits per heavy atom. The van der Waals surface area contributed by atoms with Gasteiger partial charge in [-0.3, -0.25) is 4.79 Å². The van der Waals surface area contributed by atoms with Gasteiger partial charge in [-0.15, -0.1) is 0 Å². The molecular formula is C15H20N2O3. The zero-order valence-electron chi connectivity index (χ0n) is 11.4. The quantitative estimate of drug-likeness (QED) is 0.770. The maximum Gasteiger partial charge on any atom is 0.315 e. The molecule has 1 fully saturated rings. The number of carbonyl (C=O) groups is 2. The van der Waals surface area contributed by atoms with Gasteiger partial charge in [-0.05, 0) is 24.0 Å². The highest BCUT2D eigenvalue weighted by Gasteiger charge is 2.16. The van der Waals surface area contributed by atoms with Crippen molar-refractivity contribution in [3.8, 4) is 0 Å². The lowest BCUT2D eigenvalue weighted by Gasteiger charge is -2.14. The van der Waals surface area contributed by atoms with Gasteiger partial charge in [0.05, 0.1) is 6.42 Å². The van der Waals surface area contributed by atoms with Crippen LogP contribution in [0, 0.1) is 0 Å². The number of hydrogen-bond donors (Lipinski definition) is 3. The van der Waals surface area contributed by atoms with Crippen LogP contribution in [0.5, 0.6) is 0 Å². The molecule has 5 heteroatoms. The lowest BCUT2D eigenvalue weighted by atomic mass is 10.0. The maximum atomic E-state index is 11.8. The number of aliphatic carboxylic acids is 1. The molecule has 108 valence electrons. The van der Waals surface area contributed by atoms with Crippen molar-refractivity contribution in [2.75, 3.05) is 0 Å². The first-order valence-corrected chi connectivity index (χ1v) is 6.98. The first-order chi connectivity index (χ1) is 9.65. The van der Waals surface area contributed by atoms with E-state index in [2.05, 4.69) is 10.6 Å². The van der Waals surface area contributed by atoms with Crippen LogP contribution in [-0.4, -0.2) is 23.1 Å². The second kappa shape index (κ2) is 6.93. The van der Waals surface area contributed by atoms with Crippen molar-refractivity contribution in [3.05, 3.63) is 35.4 Å². The molecule has 0 aliphatic heterocycles. The van der Waals surface area contributed by atoms with Gasteiger partial charge in [0.1, 0.15) is 0 Å². The third-order valence-electron chi connectivity index (χ3n) is 3.59. The highest BCUT2D eigenvalue weighted by Crippen LogP contribution is 2.17. The predicted octanol–water partition coefficient (Wildman–Crippen LogP) is 2.06. The summed E-state index contributed by atoms with van der Waals surface area (Å²) in [7, 11) is 0. The van der Waals surface area contributed by atoms with Crippen LogP contribution in [0.2, 0.25) is 0 Å². The zero-order valence-corrected chi connectivity index (χ0v) is 11.4. The van der Waals surface area contributed by atoms with Gasteiger partial charge in [-0.25, -0.2) is 4.79 Å². The van der Waals surface area contributed by atoms with E-state index in [9.17, 15) is 9.59 Å². The Morgan fingerprint density at radius 1 is 1.15 bits per heavy atom. The molecule has 1 aliphatic carbocycles. The van der Waals surface area contributed by atoms with E-state index >= 15 is 0 Å². The van der Waals surface area contributed by atoms with Crippen molar-refractivity contribution >= 4 is 12.0 Å². The number of benzene rings is 1. The van der Waals surface area contributed by atoms with Crippen LogP contribution in [0.15, 0.2) is 24.3 Å². The summed E-state index contributed by atoms with van der Waals surface area (Å²) in [6.45, 7) is 0.349. The topological polar surface area (TPSA) is 78.4 Å². The third kappa shape index (κ3) is 4.26. The van der Waals surface area contributed by atoms with Crippen LogP contribution in [-0.2, 0) is 17.8 Å². The predicted molar refractivity (Wildman–Crippen MR) is 75.4 cm³/mol. The number of carbonyl (C=O) groups excluding carboxylic acids is 1. The summed E-state index contributed by atoms with van der Waals surface area (Å²) in [5.41, 5.74) is 1.58. The minimum atomic E-state index is -0.868. The second-order valence-electron chi connectivity index (χ2n) is 5.15. The SMILES string of the molecule is O=C(O)Cc1ccccc1CNC(=O)NC1CCCC1. The first kappa shape index (κ1) is 14.4. The molecule has 2 amide bonds. The normalized spacial score (nSPS) is 15.0. The highest BCUT2D eigenvalue weighted by molar-refractivity contribution is 5.74. The Hall–Kier alpha value is -2.04. The van der Waals surface area contributed by atoms with Gasteiger partial charge in [-0.1, -0.05) is 37.1 Å². The van der Waals surface area contributed by atoms with Crippen LogP contribution in [0.25, 0.3) is 0 Å². The van der Waals surface area contributed by atoms with Gasteiger partial charge in [0.15, 0.2) is 0 Å². The lowest BCUT2D eigenvalue weighted by Crippen LogP contribution is -2.40. The Balaban J connectivity index is 1.86. The molecular weight excluding hydrogens is 256 g/mol. The van der Waals surface area contributed by atoms with Crippen LogP contribution in [0.1, 0.15) is 36.8 Å². The fourth-order valence-electron chi connectivity index (χ4n) is 2.55. The largest absolute Gasteiger partial charge is 0.481 e. The average molecular weight is 276 g/mol. The molecule has 0 unspecified atom stereocenters. The van der Waals surface area contributed by atoms with Crippen molar-refractivity contribution < 1.29 is 14.7 Å². The molecule has 0 radical (unpaired) electrons. The molecule has 3 N–H and O–H groups in total. The van der Waals surface area contributed by atoms with Gasteiger partial charge in [-0.2, -0.15) is 0 Å². The second-order valence-corrected chi connectivity index (χ2v) is 5.15. The van der Waals surface area contributed by atoms with Crippen molar-refractivity contribution in [2.24, 2.45) is 0 Å². The fraction of sp³-hybridized carbons (Fsp3) is 0.467. The molecule has 20 heavy (non-hydrogen) atoms. The standard InChI is InChI=1S/C15H20N2O3/c18-14(19)9-11-5-1-2-6-12(11)10-16-15(20)17-13-7-3-4-8-13/h1-2,5-6,13H,3-4,7-10H2,(H,18,19)(H2,16,17,20). The number of urea groups is 1. The minimum Gasteiger partial charge on any atom is -0.481 e. The first-order valence-electron chi connectivity index (χ1n) is 6.98. The smallest absolute Gasteiger partial charge is 0.315 e. The molecule has 0 bridgehead atoms. The summed E-state index contributed by atoms with van der Waals surface area (Å²) in [6.07, 6.45) is 4.41. The summed E-state index contributed by atoms with van der Waals surface area (Å²) in [4.78, 5) is 22.6. The van der Waals surface area contributed by atoms with E-state index in [1.807, 2.05) is 12.1 Å². The summed E-state index contributed by atoms with van der Waals surface area (Å²) in [5, 5.41) is 14.6. The number of hydrogen-bond acceptors (Lipinski definition) is 2. The number of carboxylic acids is 1. The Bertz CT molecular complexity index is 482. The van der Waals surface area contributed by atoms with Crippen LogP contribution >= 0.6 is 0 Å². The molecule has 0 saturated heterocycles. The molecule has 1 aromatic carbocycles. The summed E-state index contributed by atoms with van der Waals surface area (Å²) in [6, 6.07) is 7.37. The molecule has 1 saturated carbocycles. The summed E-state index contributed by atoms with van der Waals surface area (Å²) in [5.74, 6) is -0.868. The number of carboxylic acid groups (broad SMARTS) is 1. The highest BCUT2D eigenvalue weighted by atomic mass is 16.4. The van der Waals surface area contributed by atoms with E-state index < -0.39 is 5.97 Å². The van der Waals surface area contributed by atoms with Gasteiger partial charge in [0, 0.05) is 12.6 Å². The number of rotatable bonds is 5. The molecule has 0 spiro atoms. The van der Waals surface area contributed by atoms with Crippen LogP contribution in [0.4, 0.5) is 4.79 Å². The van der Waals surface area contributed by atoms with E-state index in [1.54, 1.807) is 12.1 Å². The van der Waals surface area contributed by atoms with E-state index in [1.165, 1.54) is 12.8 Å². The Kier molecular flexibility index (Phi) is 4.98. The van der Waals surface area contributed by atoms with Crippen molar-refractivity contribution in [1.82, 2.24) is 10.6 Å². The van der Waals surface area contributed by atoms with Gasteiger partial charge < -0.3 is 15.7 Å². The monoisotopic (exact) mass is 276 g/mol. The van der Waals surface area contributed by atoms with E-state index in [4.69, 9.17) is 5.11 Å². The molecule has 0 atom stereocenters. The van der Waals surface area contributed by atoms with E-state index in [0.29, 0.717) is 6.54 Å². The van der Waals surface area contributed by atoms with Crippen molar-refractivity contribution in [1.29, 1.82) is 0 Å². The van der Waals surface area contributed by atoms with E-state index in [0.717, 1.165) is 24.0 Å². The molecule has 2 rings (SSSR count). The zero-order chi connectivity index (χ0) is 14.4. The summed E-state index contributed by atoms with van der Waals surface area (Å²) < 4.78 is 0. The number of amides is 2. The molecule has 5 nitrogen and oxygen atoms in total. The van der Waals surface area contributed by atoms with Crippen LogP contribution in [0.3, 0.4) is 0 Å². The third-order valence-corrected chi connectivity index (χ3v) is 3.59. The molecule has 0 heterocycles. The van der Waals surface area contributed by atoms with Gasteiger partial charge >= 0.3 is 12.0 Å². The molecule has 1 aliphatic rings.